The van der Waals surface area contributed by atoms with Crippen LogP contribution in [-0.4, -0.2) is 45.6 Å². The molecule has 2 N–H and O–H groups in total. The zero-order chi connectivity index (χ0) is 14.0. The topological polar surface area (TPSA) is 61.8 Å². The first-order valence-corrected chi connectivity index (χ1v) is 6.39. The summed E-state index contributed by atoms with van der Waals surface area (Å²) in [4.78, 5) is 13.1. The van der Waals surface area contributed by atoms with Crippen molar-refractivity contribution in [2.24, 2.45) is 0 Å². The van der Waals surface area contributed by atoms with Crippen LogP contribution in [0, 0.1) is 0 Å². The lowest BCUT2D eigenvalue weighted by Gasteiger charge is -2.53. The molecule has 0 radical (unpaired) electrons. The highest BCUT2D eigenvalue weighted by atomic mass is 16.6. The number of amides is 1. The van der Waals surface area contributed by atoms with Crippen LogP contribution in [0.1, 0.15) is 47.5 Å². The van der Waals surface area contributed by atoms with E-state index in [2.05, 4.69) is 33.0 Å². The third-order valence-corrected chi connectivity index (χ3v) is 4.20. The fraction of sp³-hybridized carbons (Fsp3) is 0.923. The molecule has 1 amide bonds. The highest BCUT2D eigenvalue weighted by Crippen LogP contribution is 2.49. The Kier molecular flexibility index (Phi) is 2.57. The van der Waals surface area contributed by atoms with Crippen LogP contribution in [0.3, 0.4) is 0 Å². The van der Waals surface area contributed by atoms with E-state index < -0.39 is 17.4 Å². The summed E-state index contributed by atoms with van der Waals surface area (Å²) < 4.78 is 5.59. The fourth-order valence-corrected chi connectivity index (χ4v) is 3.72. The van der Waals surface area contributed by atoms with Crippen molar-refractivity contribution in [2.45, 2.75) is 69.9 Å². The molecular formula is C13H24N2O3. The molecule has 2 fully saturated rings. The third-order valence-electron chi connectivity index (χ3n) is 4.20. The van der Waals surface area contributed by atoms with Gasteiger partial charge in [0.15, 0.2) is 11.3 Å². The van der Waals surface area contributed by atoms with Gasteiger partial charge in [-0.05, 0) is 34.6 Å². The summed E-state index contributed by atoms with van der Waals surface area (Å²) in [5.74, 6) is 0. The maximum atomic E-state index is 11.8. The van der Waals surface area contributed by atoms with Crippen LogP contribution < -0.4 is 5.32 Å². The van der Waals surface area contributed by atoms with E-state index in [4.69, 9.17) is 4.74 Å². The molecule has 2 rings (SSSR count). The Bertz CT molecular complexity index is 372. The maximum Gasteiger partial charge on any atom is 0.412 e. The van der Waals surface area contributed by atoms with Crippen molar-refractivity contribution in [2.75, 3.05) is 7.05 Å². The van der Waals surface area contributed by atoms with Crippen LogP contribution in [0.25, 0.3) is 0 Å². The van der Waals surface area contributed by atoms with Gasteiger partial charge in [0.1, 0.15) is 0 Å². The van der Waals surface area contributed by atoms with Gasteiger partial charge in [-0.3, -0.25) is 4.90 Å². The predicted octanol–water partition coefficient (Wildman–Crippen LogP) is 1.46. The lowest BCUT2D eigenvalue weighted by Crippen LogP contribution is -2.69. The van der Waals surface area contributed by atoms with Crippen molar-refractivity contribution >= 4 is 6.09 Å². The monoisotopic (exact) mass is 256 g/mol. The summed E-state index contributed by atoms with van der Waals surface area (Å²) in [6.07, 6.45) is 0.729. The van der Waals surface area contributed by atoms with Crippen molar-refractivity contribution in [3.8, 4) is 0 Å². The largest absolute Gasteiger partial charge is 0.437 e. The van der Waals surface area contributed by atoms with Gasteiger partial charge in [0, 0.05) is 31.0 Å². The van der Waals surface area contributed by atoms with Crippen molar-refractivity contribution < 1.29 is 14.6 Å². The van der Waals surface area contributed by atoms with Gasteiger partial charge >= 0.3 is 6.09 Å². The number of carbonyl (C=O) groups is 1. The average molecular weight is 256 g/mol. The van der Waals surface area contributed by atoms with E-state index in [0.29, 0.717) is 12.8 Å². The van der Waals surface area contributed by atoms with E-state index in [1.54, 1.807) is 14.0 Å². The molecule has 2 aliphatic rings. The molecule has 1 spiro atoms. The van der Waals surface area contributed by atoms with E-state index in [-0.39, 0.29) is 11.1 Å². The number of nitrogens with zero attached hydrogens (tertiary/aromatic N) is 1. The number of nitrogens with one attached hydrogen (secondary N) is 1. The molecule has 0 aliphatic carbocycles. The molecule has 0 saturated carbocycles. The zero-order valence-electron chi connectivity index (χ0n) is 12.1. The smallest absolute Gasteiger partial charge is 0.412 e. The van der Waals surface area contributed by atoms with Crippen LogP contribution in [0.4, 0.5) is 4.79 Å². The van der Waals surface area contributed by atoms with Crippen molar-refractivity contribution in [1.82, 2.24) is 10.2 Å². The van der Waals surface area contributed by atoms with Crippen LogP contribution in [0.5, 0.6) is 0 Å². The van der Waals surface area contributed by atoms with Crippen LogP contribution in [0.2, 0.25) is 0 Å². The average Bonchev–Trinajstić information content (AvgIpc) is 2.22. The van der Waals surface area contributed by atoms with E-state index >= 15 is 0 Å². The van der Waals surface area contributed by atoms with Crippen LogP contribution in [0.15, 0.2) is 0 Å². The van der Waals surface area contributed by atoms with Crippen molar-refractivity contribution in [3.05, 3.63) is 0 Å². The van der Waals surface area contributed by atoms with Crippen LogP contribution >= 0.6 is 0 Å². The lowest BCUT2D eigenvalue weighted by atomic mass is 9.68. The third kappa shape index (κ3) is 1.80. The molecule has 0 bridgehead atoms. The second-order valence-electron chi connectivity index (χ2n) is 7.19. The van der Waals surface area contributed by atoms with Gasteiger partial charge in [-0.25, -0.2) is 4.79 Å². The number of rotatable bonds is 0. The maximum absolute atomic E-state index is 11.8. The number of carbonyl (C=O) groups excluding carboxylic acids is 1. The van der Waals surface area contributed by atoms with Gasteiger partial charge in [-0.2, -0.15) is 0 Å². The Hall–Kier alpha value is -0.810. The summed E-state index contributed by atoms with van der Waals surface area (Å²) in [6, 6.07) is 0. The summed E-state index contributed by atoms with van der Waals surface area (Å²) in [5.41, 5.74) is -2.52. The molecule has 5 nitrogen and oxygen atoms in total. The summed E-state index contributed by atoms with van der Waals surface area (Å²) >= 11 is 0. The predicted molar refractivity (Wildman–Crippen MR) is 68.1 cm³/mol. The van der Waals surface area contributed by atoms with Crippen LogP contribution in [-0.2, 0) is 4.74 Å². The minimum atomic E-state index is -1.28. The minimum absolute atomic E-state index is 0.197. The molecule has 2 saturated heterocycles. The normalized spacial score (nSPS) is 36.8. The quantitative estimate of drug-likeness (QED) is 0.689. The van der Waals surface area contributed by atoms with Gasteiger partial charge in [-0.15, -0.1) is 0 Å². The highest BCUT2D eigenvalue weighted by molar-refractivity contribution is 5.72. The number of aliphatic hydroxyl groups is 1. The Morgan fingerprint density at radius 3 is 1.94 bits per heavy atom. The van der Waals surface area contributed by atoms with E-state index in [1.807, 2.05) is 0 Å². The first kappa shape index (κ1) is 13.6. The molecule has 1 atom stereocenters. The van der Waals surface area contributed by atoms with Gasteiger partial charge in [-0.1, -0.05) is 0 Å². The molecule has 0 aromatic rings. The number of likely N-dealkylation sites (N-methyl/N-ethyl adjacent to an activating group) is 1. The SMILES string of the molecule is CN1C(=O)OC2(CC(C)(C)NC(C)(C)C2)C1(C)O. The number of hydrogen-bond donors (Lipinski definition) is 2. The molecule has 18 heavy (non-hydrogen) atoms. The Morgan fingerprint density at radius 2 is 1.61 bits per heavy atom. The molecule has 0 aromatic heterocycles. The fourth-order valence-electron chi connectivity index (χ4n) is 3.72. The molecular weight excluding hydrogens is 232 g/mol. The van der Waals surface area contributed by atoms with E-state index in [9.17, 15) is 9.90 Å². The molecule has 2 heterocycles. The second kappa shape index (κ2) is 3.39. The summed E-state index contributed by atoms with van der Waals surface area (Å²) in [6.45, 7) is 9.93. The van der Waals surface area contributed by atoms with Gasteiger partial charge in [0.2, 0.25) is 0 Å². The summed E-state index contributed by atoms with van der Waals surface area (Å²) in [7, 11) is 1.58. The van der Waals surface area contributed by atoms with Crippen molar-refractivity contribution in [1.29, 1.82) is 0 Å². The molecule has 5 heteroatoms. The lowest BCUT2D eigenvalue weighted by molar-refractivity contribution is -0.176. The van der Waals surface area contributed by atoms with E-state index in [1.165, 1.54) is 4.90 Å². The highest BCUT2D eigenvalue weighted by Gasteiger charge is 2.65. The molecule has 2 aliphatic heterocycles. The molecule has 0 aromatic carbocycles. The van der Waals surface area contributed by atoms with Crippen molar-refractivity contribution in [3.63, 3.8) is 0 Å². The first-order valence-electron chi connectivity index (χ1n) is 6.39. The zero-order valence-corrected chi connectivity index (χ0v) is 12.1. The first-order chi connectivity index (χ1) is 7.91. The molecule has 1 unspecified atom stereocenters. The number of hydrogen-bond acceptors (Lipinski definition) is 4. The minimum Gasteiger partial charge on any atom is -0.437 e. The Balaban J connectivity index is 2.45. The molecule has 104 valence electrons. The van der Waals surface area contributed by atoms with Gasteiger partial charge in [0.25, 0.3) is 0 Å². The standard InChI is InChI=1S/C13H24N2O3/c1-10(2)7-13(8-11(3,4)14-10)12(5,17)15(6)9(16)18-13/h14,17H,7-8H2,1-6H3. The Labute approximate surface area is 108 Å². The Morgan fingerprint density at radius 1 is 1.17 bits per heavy atom. The number of ether oxygens (including phenoxy) is 1. The van der Waals surface area contributed by atoms with E-state index in [0.717, 1.165) is 0 Å². The van der Waals surface area contributed by atoms with Gasteiger partial charge < -0.3 is 15.2 Å². The van der Waals surface area contributed by atoms with Gasteiger partial charge in [0.05, 0.1) is 0 Å². The summed E-state index contributed by atoms with van der Waals surface area (Å²) in [5, 5.41) is 14.3. The second-order valence-corrected chi connectivity index (χ2v) is 7.19. The number of piperidine rings is 1.